The lowest BCUT2D eigenvalue weighted by Gasteiger charge is -2.46. The maximum Gasteiger partial charge on any atom is 0.299 e. The zero-order valence-electron chi connectivity index (χ0n) is 14.6. The van der Waals surface area contributed by atoms with Gasteiger partial charge in [-0.25, -0.2) is 0 Å². The molecule has 1 amide bonds. The third-order valence-corrected chi connectivity index (χ3v) is 5.61. The summed E-state index contributed by atoms with van der Waals surface area (Å²) in [6.45, 7) is 3.13. The van der Waals surface area contributed by atoms with Crippen molar-refractivity contribution in [2.75, 3.05) is 13.1 Å². The number of nitrogens with zero attached hydrogens (tertiary/aromatic N) is 2. The molecule has 0 aliphatic carbocycles. The van der Waals surface area contributed by atoms with Gasteiger partial charge < -0.3 is 4.90 Å². The van der Waals surface area contributed by atoms with Crippen LogP contribution in [-0.4, -0.2) is 34.9 Å². The number of rotatable bonds is 3. The van der Waals surface area contributed by atoms with Crippen LogP contribution in [-0.2, 0) is 10.5 Å². The average Bonchev–Trinajstić information content (AvgIpc) is 3.08. The highest BCUT2D eigenvalue weighted by Gasteiger charge is 2.58. The van der Waals surface area contributed by atoms with Crippen molar-refractivity contribution in [2.45, 2.75) is 31.0 Å². The van der Waals surface area contributed by atoms with Gasteiger partial charge in [0, 0.05) is 24.4 Å². The Morgan fingerprint density at radius 2 is 1.85 bits per heavy atom. The zero-order valence-corrected chi connectivity index (χ0v) is 14.6. The molecule has 2 heterocycles. The van der Waals surface area contributed by atoms with Crippen molar-refractivity contribution in [2.24, 2.45) is 0 Å². The number of fused-ring (bicyclic) bond motifs is 1. The second kappa shape index (κ2) is 6.21. The molecule has 4 rings (SSSR count). The van der Waals surface area contributed by atoms with E-state index in [0.29, 0.717) is 19.5 Å². The maximum absolute atomic E-state index is 13.1. The highest BCUT2D eigenvalue weighted by atomic mass is 16.6. The van der Waals surface area contributed by atoms with Crippen molar-refractivity contribution < 1.29 is 9.72 Å². The summed E-state index contributed by atoms with van der Waals surface area (Å²) in [6.07, 6.45) is 0.484. The lowest BCUT2D eigenvalue weighted by atomic mass is 9.76. The lowest BCUT2D eigenvalue weighted by Crippen LogP contribution is -2.62. The second-order valence-electron chi connectivity index (χ2n) is 7.09. The number of aryl methyl sites for hydroxylation is 1. The normalized spacial score (nSPS) is 28.0. The molecule has 1 N–H and O–H groups in total. The molecule has 0 bridgehead atoms. The molecule has 3 atom stereocenters. The first kappa shape index (κ1) is 16.7. The molecular formula is C20H21N3O3. The molecule has 6 nitrogen and oxygen atoms in total. The number of nitrogens with one attached hydrogen (secondary N) is 1. The predicted octanol–water partition coefficient (Wildman–Crippen LogP) is 2.41. The minimum Gasteiger partial charge on any atom is -0.313 e. The predicted molar refractivity (Wildman–Crippen MR) is 97.2 cm³/mol. The van der Waals surface area contributed by atoms with E-state index in [-0.39, 0.29) is 0 Å². The van der Waals surface area contributed by atoms with E-state index < -0.39 is 28.5 Å². The van der Waals surface area contributed by atoms with Crippen molar-refractivity contribution in [3.05, 3.63) is 81.4 Å². The van der Waals surface area contributed by atoms with E-state index in [1.165, 1.54) is 0 Å². The Bertz CT molecular complexity index is 837. The molecule has 0 saturated carbocycles. The monoisotopic (exact) mass is 351 g/mol. The van der Waals surface area contributed by atoms with Crippen LogP contribution in [0.4, 0.5) is 0 Å². The van der Waals surface area contributed by atoms with E-state index >= 15 is 0 Å². The summed E-state index contributed by atoms with van der Waals surface area (Å²) in [7, 11) is 0. The Kier molecular flexibility index (Phi) is 4.00. The molecule has 2 aromatic rings. The molecule has 2 aliphatic rings. The molecular weight excluding hydrogens is 330 g/mol. The summed E-state index contributed by atoms with van der Waals surface area (Å²) in [4.78, 5) is 26.1. The topological polar surface area (TPSA) is 75.5 Å². The quantitative estimate of drug-likeness (QED) is 0.681. The standard InChI is InChI=1S/C20H21N3O3/c1-14-7-9-16(10-8-14)20-13-17(15-5-3-2-4-6-15)18(23(25)26)19(24)22(20)12-11-21-20/h2-10,17-18,21H,11-13H2,1H3/t17-,18-,20-/m1/s1. The van der Waals surface area contributed by atoms with E-state index in [0.717, 1.165) is 16.7 Å². The number of carbonyl (C=O) groups excluding carboxylic acids is 1. The van der Waals surface area contributed by atoms with Gasteiger partial charge in [0.1, 0.15) is 5.66 Å². The number of nitro groups is 1. The highest BCUT2D eigenvalue weighted by molar-refractivity contribution is 5.84. The lowest BCUT2D eigenvalue weighted by molar-refractivity contribution is -0.516. The van der Waals surface area contributed by atoms with E-state index in [4.69, 9.17) is 0 Å². The Morgan fingerprint density at radius 3 is 2.50 bits per heavy atom. The van der Waals surface area contributed by atoms with Gasteiger partial charge >= 0.3 is 0 Å². The molecule has 2 aliphatic heterocycles. The molecule has 2 fully saturated rings. The average molecular weight is 351 g/mol. The molecule has 6 heteroatoms. The summed E-state index contributed by atoms with van der Waals surface area (Å²) in [5, 5.41) is 15.2. The van der Waals surface area contributed by atoms with Gasteiger partial charge in [0.15, 0.2) is 0 Å². The SMILES string of the molecule is Cc1ccc([C@@]23C[C@H](c4ccccc4)[C@@H]([N+](=O)[O-])C(=O)N2CCN3)cc1. The molecule has 0 aromatic heterocycles. The first-order chi connectivity index (χ1) is 12.5. The molecule has 2 aromatic carbocycles. The molecule has 0 unspecified atom stereocenters. The van der Waals surface area contributed by atoms with Crippen molar-refractivity contribution in [1.82, 2.24) is 10.2 Å². The van der Waals surface area contributed by atoms with Gasteiger partial charge in [-0.1, -0.05) is 60.2 Å². The van der Waals surface area contributed by atoms with Crippen molar-refractivity contribution >= 4 is 5.91 Å². The summed E-state index contributed by atoms with van der Waals surface area (Å²) in [6, 6.07) is 16.2. The minimum absolute atomic E-state index is 0.402. The highest BCUT2D eigenvalue weighted by Crippen LogP contribution is 2.45. The van der Waals surface area contributed by atoms with Crippen molar-refractivity contribution in [3.63, 3.8) is 0 Å². The van der Waals surface area contributed by atoms with Crippen LogP contribution in [0.5, 0.6) is 0 Å². The number of hydrogen-bond donors (Lipinski definition) is 1. The summed E-state index contributed by atoms with van der Waals surface area (Å²) in [5.41, 5.74) is 2.27. The Hall–Kier alpha value is -2.73. The van der Waals surface area contributed by atoms with Crippen molar-refractivity contribution in [3.8, 4) is 0 Å². The van der Waals surface area contributed by atoms with Crippen molar-refractivity contribution in [1.29, 1.82) is 0 Å². The van der Waals surface area contributed by atoms with E-state index in [9.17, 15) is 14.9 Å². The van der Waals surface area contributed by atoms with E-state index in [1.54, 1.807) is 4.90 Å². The van der Waals surface area contributed by atoms with Gasteiger partial charge in [0.2, 0.25) is 0 Å². The number of piperidine rings is 1. The third kappa shape index (κ3) is 2.49. The number of amides is 1. The minimum atomic E-state index is -1.24. The van der Waals surface area contributed by atoms with Crippen LogP contribution in [0.15, 0.2) is 54.6 Å². The van der Waals surface area contributed by atoms with Crippen LogP contribution < -0.4 is 5.32 Å². The number of hydrogen-bond acceptors (Lipinski definition) is 4. The molecule has 2 saturated heterocycles. The van der Waals surface area contributed by atoms with Gasteiger partial charge in [-0.3, -0.25) is 20.2 Å². The molecule has 26 heavy (non-hydrogen) atoms. The molecule has 0 radical (unpaired) electrons. The fraction of sp³-hybridized carbons (Fsp3) is 0.350. The van der Waals surface area contributed by atoms with Crippen LogP contribution >= 0.6 is 0 Å². The van der Waals surface area contributed by atoms with Crippen LogP contribution in [0.25, 0.3) is 0 Å². The smallest absolute Gasteiger partial charge is 0.299 e. The van der Waals surface area contributed by atoms with Crippen LogP contribution in [0, 0.1) is 17.0 Å². The van der Waals surface area contributed by atoms with E-state index in [2.05, 4.69) is 5.32 Å². The summed E-state index contributed by atoms with van der Waals surface area (Å²) < 4.78 is 0. The fourth-order valence-corrected chi connectivity index (χ4v) is 4.35. The number of carbonyl (C=O) groups is 1. The van der Waals surface area contributed by atoms with Crippen LogP contribution in [0.2, 0.25) is 0 Å². The van der Waals surface area contributed by atoms with Gasteiger partial charge in [-0.2, -0.15) is 0 Å². The Labute approximate surface area is 152 Å². The Morgan fingerprint density at radius 1 is 1.15 bits per heavy atom. The van der Waals surface area contributed by atoms with Gasteiger partial charge in [-0.05, 0) is 18.1 Å². The maximum atomic E-state index is 13.1. The first-order valence-corrected chi connectivity index (χ1v) is 8.85. The number of benzene rings is 2. The first-order valence-electron chi connectivity index (χ1n) is 8.85. The zero-order chi connectivity index (χ0) is 18.3. The summed E-state index contributed by atoms with van der Waals surface area (Å²) in [5.74, 6) is -0.873. The molecule has 134 valence electrons. The van der Waals surface area contributed by atoms with E-state index in [1.807, 2.05) is 61.5 Å². The van der Waals surface area contributed by atoms with Crippen LogP contribution in [0.3, 0.4) is 0 Å². The summed E-state index contributed by atoms with van der Waals surface area (Å²) >= 11 is 0. The van der Waals surface area contributed by atoms with Gasteiger partial charge in [-0.15, -0.1) is 0 Å². The fourth-order valence-electron chi connectivity index (χ4n) is 4.35. The van der Waals surface area contributed by atoms with Gasteiger partial charge in [0.25, 0.3) is 11.9 Å². The largest absolute Gasteiger partial charge is 0.313 e. The molecule has 0 spiro atoms. The second-order valence-corrected chi connectivity index (χ2v) is 7.09. The van der Waals surface area contributed by atoms with Crippen LogP contribution in [0.1, 0.15) is 29.0 Å². The Balaban J connectivity index is 1.83. The van der Waals surface area contributed by atoms with Gasteiger partial charge in [0.05, 0.1) is 5.92 Å². The third-order valence-electron chi connectivity index (χ3n) is 5.61.